The standard InChI is InChI=1S/C18H21NO2/c1-20-15-8-5-13(6-9-15)12-21-16-10-7-14-3-2-4-18(19)17(14)11-16/h5-11,18H,2-4,12,19H2,1H3/t18-/m1/s1. The zero-order chi connectivity index (χ0) is 14.7. The maximum atomic E-state index is 6.19. The molecule has 0 saturated carbocycles. The first-order valence-electron chi connectivity index (χ1n) is 7.40. The van der Waals surface area contributed by atoms with E-state index in [9.17, 15) is 0 Å². The lowest BCUT2D eigenvalue weighted by molar-refractivity contribution is 0.305. The number of fused-ring (bicyclic) bond motifs is 1. The molecule has 1 aliphatic rings. The SMILES string of the molecule is COc1ccc(COc2ccc3c(c2)[C@H](N)CCC3)cc1. The quantitative estimate of drug-likeness (QED) is 0.932. The van der Waals surface area contributed by atoms with Crippen LogP contribution in [0.25, 0.3) is 0 Å². The summed E-state index contributed by atoms with van der Waals surface area (Å²) < 4.78 is 11.0. The summed E-state index contributed by atoms with van der Waals surface area (Å²) in [7, 11) is 1.67. The summed E-state index contributed by atoms with van der Waals surface area (Å²) in [6.45, 7) is 0.554. The topological polar surface area (TPSA) is 44.5 Å². The molecule has 2 N–H and O–H groups in total. The minimum absolute atomic E-state index is 0.151. The summed E-state index contributed by atoms with van der Waals surface area (Å²) in [6, 6.07) is 14.4. The Morgan fingerprint density at radius 1 is 1.10 bits per heavy atom. The van der Waals surface area contributed by atoms with Crippen LogP contribution in [-0.4, -0.2) is 7.11 Å². The molecule has 0 bridgehead atoms. The lowest BCUT2D eigenvalue weighted by Crippen LogP contribution is -2.17. The van der Waals surface area contributed by atoms with Crippen molar-refractivity contribution in [2.75, 3.05) is 7.11 Å². The Labute approximate surface area is 125 Å². The van der Waals surface area contributed by atoms with Gasteiger partial charge < -0.3 is 15.2 Å². The predicted molar refractivity (Wildman–Crippen MR) is 83.6 cm³/mol. The van der Waals surface area contributed by atoms with Gasteiger partial charge in [-0.15, -0.1) is 0 Å². The summed E-state index contributed by atoms with van der Waals surface area (Å²) in [5.74, 6) is 1.75. The van der Waals surface area contributed by atoms with Gasteiger partial charge in [-0.25, -0.2) is 0 Å². The van der Waals surface area contributed by atoms with E-state index in [4.69, 9.17) is 15.2 Å². The molecular formula is C18H21NO2. The molecule has 110 valence electrons. The first kappa shape index (κ1) is 14.0. The number of methoxy groups -OCH3 is 1. The molecule has 0 unspecified atom stereocenters. The number of nitrogens with two attached hydrogens (primary N) is 1. The molecule has 0 saturated heterocycles. The largest absolute Gasteiger partial charge is 0.497 e. The molecule has 0 radical (unpaired) electrons. The predicted octanol–water partition coefficient (Wildman–Crippen LogP) is 3.61. The third kappa shape index (κ3) is 3.19. The van der Waals surface area contributed by atoms with Crippen LogP contribution in [0.4, 0.5) is 0 Å². The van der Waals surface area contributed by atoms with Crippen molar-refractivity contribution in [1.29, 1.82) is 0 Å². The second-order valence-corrected chi connectivity index (χ2v) is 5.50. The van der Waals surface area contributed by atoms with Gasteiger partial charge in [-0.05, 0) is 60.2 Å². The Balaban J connectivity index is 1.68. The van der Waals surface area contributed by atoms with E-state index in [1.807, 2.05) is 30.3 Å². The van der Waals surface area contributed by atoms with Crippen molar-refractivity contribution in [3.05, 3.63) is 59.2 Å². The van der Waals surface area contributed by atoms with Crippen molar-refractivity contribution < 1.29 is 9.47 Å². The molecule has 2 aromatic carbocycles. The fourth-order valence-electron chi connectivity index (χ4n) is 2.79. The average molecular weight is 283 g/mol. The second-order valence-electron chi connectivity index (χ2n) is 5.50. The molecule has 3 rings (SSSR count). The number of benzene rings is 2. The molecular weight excluding hydrogens is 262 g/mol. The first-order chi connectivity index (χ1) is 10.3. The maximum Gasteiger partial charge on any atom is 0.120 e. The van der Waals surface area contributed by atoms with Crippen LogP contribution in [0.3, 0.4) is 0 Å². The van der Waals surface area contributed by atoms with E-state index in [1.54, 1.807) is 7.11 Å². The Kier molecular flexibility index (Phi) is 4.11. The van der Waals surface area contributed by atoms with Gasteiger partial charge in [0, 0.05) is 6.04 Å². The fraction of sp³-hybridized carbons (Fsp3) is 0.333. The van der Waals surface area contributed by atoms with Crippen molar-refractivity contribution in [2.45, 2.75) is 31.9 Å². The van der Waals surface area contributed by atoms with Crippen molar-refractivity contribution >= 4 is 0 Å². The van der Waals surface area contributed by atoms with Crippen LogP contribution >= 0.6 is 0 Å². The Bertz CT molecular complexity index is 607. The van der Waals surface area contributed by atoms with Crippen molar-refractivity contribution in [2.24, 2.45) is 5.73 Å². The molecule has 0 aliphatic heterocycles. The van der Waals surface area contributed by atoms with Crippen molar-refractivity contribution in [3.8, 4) is 11.5 Å². The van der Waals surface area contributed by atoms with E-state index in [2.05, 4.69) is 12.1 Å². The lowest BCUT2D eigenvalue weighted by Gasteiger charge is -2.22. The van der Waals surface area contributed by atoms with E-state index in [-0.39, 0.29) is 6.04 Å². The van der Waals surface area contributed by atoms with E-state index in [1.165, 1.54) is 17.5 Å². The highest BCUT2D eigenvalue weighted by Crippen LogP contribution is 2.31. The van der Waals surface area contributed by atoms with Gasteiger partial charge in [0.2, 0.25) is 0 Å². The average Bonchev–Trinajstić information content (AvgIpc) is 2.54. The summed E-state index contributed by atoms with van der Waals surface area (Å²) in [5.41, 5.74) is 9.92. The van der Waals surface area contributed by atoms with Gasteiger partial charge in [0.25, 0.3) is 0 Å². The summed E-state index contributed by atoms with van der Waals surface area (Å²) in [5, 5.41) is 0. The van der Waals surface area contributed by atoms with E-state index >= 15 is 0 Å². The number of ether oxygens (including phenoxy) is 2. The second kappa shape index (κ2) is 6.19. The summed E-state index contributed by atoms with van der Waals surface area (Å²) >= 11 is 0. The molecule has 0 spiro atoms. The molecule has 1 aliphatic carbocycles. The zero-order valence-electron chi connectivity index (χ0n) is 12.3. The van der Waals surface area contributed by atoms with Gasteiger partial charge in [0.1, 0.15) is 18.1 Å². The molecule has 0 aromatic heterocycles. The van der Waals surface area contributed by atoms with Gasteiger partial charge in [-0.3, -0.25) is 0 Å². The number of aryl methyl sites for hydroxylation is 1. The highest BCUT2D eigenvalue weighted by molar-refractivity contribution is 5.39. The first-order valence-corrected chi connectivity index (χ1v) is 7.40. The van der Waals surface area contributed by atoms with Crippen LogP contribution in [0.15, 0.2) is 42.5 Å². The maximum absolute atomic E-state index is 6.19. The van der Waals surface area contributed by atoms with E-state index in [0.29, 0.717) is 6.61 Å². The number of hydrogen-bond acceptors (Lipinski definition) is 3. The molecule has 1 atom stereocenters. The highest BCUT2D eigenvalue weighted by Gasteiger charge is 2.17. The zero-order valence-corrected chi connectivity index (χ0v) is 12.3. The van der Waals surface area contributed by atoms with Crippen LogP contribution in [-0.2, 0) is 13.0 Å². The molecule has 2 aromatic rings. The number of hydrogen-bond donors (Lipinski definition) is 1. The number of rotatable bonds is 4. The molecule has 3 heteroatoms. The Morgan fingerprint density at radius 3 is 2.62 bits per heavy atom. The van der Waals surface area contributed by atoms with Crippen LogP contribution in [0.2, 0.25) is 0 Å². The normalized spacial score (nSPS) is 17.1. The van der Waals surface area contributed by atoms with Gasteiger partial charge in [0.05, 0.1) is 7.11 Å². The van der Waals surface area contributed by atoms with Crippen molar-refractivity contribution in [1.82, 2.24) is 0 Å². The fourth-order valence-corrected chi connectivity index (χ4v) is 2.79. The molecule has 21 heavy (non-hydrogen) atoms. The molecule has 0 amide bonds. The van der Waals surface area contributed by atoms with E-state index in [0.717, 1.165) is 29.9 Å². The molecule has 0 fully saturated rings. The van der Waals surface area contributed by atoms with Gasteiger partial charge in [0.15, 0.2) is 0 Å². The van der Waals surface area contributed by atoms with Gasteiger partial charge in [-0.1, -0.05) is 18.2 Å². The van der Waals surface area contributed by atoms with Gasteiger partial charge in [-0.2, -0.15) is 0 Å². The monoisotopic (exact) mass is 283 g/mol. The van der Waals surface area contributed by atoms with Crippen molar-refractivity contribution in [3.63, 3.8) is 0 Å². The molecule has 0 heterocycles. The third-order valence-corrected chi connectivity index (χ3v) is 4.04. The smallest absolute Gasteiger partial charge is 0.120 e. The lowest BCUT2D eigenvalue weighted by atomic mass is 9.88. The van der Waals surface area contributed by atoms with Crippen LogP contribution in [0.1, 0.15) is 35.6 Å². The minimum Gasteiger partial charge on any atom is -0.497 e. The van der Waals surface area contributed by atoms with Gasteiger partial charge >= 0.3 is 0 Å². The highest BCUT2D eigenvalue weighted by atomic mass is 16.5. The van der Waals surface area contributed by atoms with E-state index < -0.39 is 0 Å². The van der Waals surface area contributed by atoms with Crippen LogP contribution in [0.5, 0.6) is 11.5 Å². The Hall–Kier alpha value is -2.00. The minimum atomic E-state index is 0.151. The Morgan fingerprint density at radius 2 is 1.86 bits per heavy atom. The molecule has 3 nitrogen and oxygen atoms in total. The summed E-state index contributed by atoms with van der Waals surface area (Å²) in [6.07, 6.45) is 3.37. The van der Waals surface area contributed by atoms with Crippen LogP contribution < -0.4 is 15.2 Å². The summed E-state index contributed by atoms with van der Waals surface area (Å²) in [4.78, 5) is 0. The third-order valence-electron chi connectivity index (χ3n) is 4.04. The van der Waals surface area contributed by atoms with Crippen LogP contribution in [0, 0.1) is 0 Å².